The van der Waals surface area contributed by atoms with Gasteiger partial charge in [0.25, 0.3) is 0 Å². The fourth-order valence-electron chi connectivity index (χ4n) is 0.758. The Balaban J connectivity index is 4.29. The van der Waals surface area contributed by atoms with Gasteiger partial charge in [0.1, 0.15) is 6.04 Å². The molecule has 0 saturated carbocycles. The van der Waals surface area contributed by atoms with Crippen LogP contribution in [0.4, 0.5) is 0 Å². The minimum atomic E-state index is -1.07. The van der Waals surface area contributed by atoms with Crippen molar-refractivity contribution in [3.63, 3.8) is 0 Å². The number of nitrogens with two attached hydrogens (primary N) is 1. The summed E-state index contributed by atoms with van der Waals surface area (Å²) >= 11 is 0. The molecule has 2 atom stereocenters. The Labute approximate surface area is 83.7 Å². The smallest absolute Gasteiger partial charge is 0.325 e. The number of carboxylic acids is 1. The third-order valence-corrected chi connectivity index (χ3v) is 1.94. The molecule has 0 aromatic carbocycles. The molecule has 0 bridgehead atoms. The van der Waals surface area contributed by atoms with Crippen molar-refractivity contribution >= 4 is 11.9 Å². The zero-order chi connectivity index (χ0) is 11.5. The largest absolute Gasteiger partial charge is 0.480 e. The number of carbonyl (C=O) groups excluding carboxylic acids is 1. The molecule has 5 nitrogen and oxygen atoms in total. The van der Waals surface area contributed by atoms with Gasteiger partial charge in [0.05, 0.1) is 6.04 Å². The van der Waals surface area contributed by atoms with Crippen LogP contribution in [-0.2, 0) is 9.59 Å². The first kappa shape index (κ1) is 12.9. The van der Waals surface area contributed by atoms with Crippen molar-refractivity contribution in [1.29, 1.82) is 0 Å². The maximum atomic E-state index is 11.4. The Bertz CT molecular complexity index is 233. The van der Waals surface area contributed by atoms with E-state index in [2.05, 4.69) is 5.32 Å². The van der Waals surface area contributed by atoms with Crippen molar-refractivity contribution in [2.45, 2.75) is 39.8 Å². The van der Waals surface area contributed by atoms with Crippen LogP contribution in [0.15, 0.2) is 0 Å². The zero-order valence-corrected chi connectivity index (χ0v) is 9.00. The second kappa shape index (κ2) is 4.41. The molecule has 0 heterocycles. The van der Waals surface area contributed by atoms with Gasteiger partial charge in [-0.15, -0.1) is 0 Å². The molecule has 0 aliphatic heterocycles. The van der Waals surface area contributed by atoms with Gasteiger partial charge in [-0.2, -0.15) is 0 Å². The summed E-state index contributed by atoms with van der Waals surface area (Å²) in [6, 6.07) is -1.61. The van der Waals surface area contributed by atoms with Gasteiger partial charge in [0, 0.05) is 0 Å². The van der Waals surface area contributed by atoms with Crippen LogP contribution in [0.3, 0.4) is 0 Å². The lowest BCUT2D eigenvalue weighted by Gasteiger charge is -2.26. The molecule has 0 spiro atoms. The molecule has 1 amide bonds. The van der Waals surface area contributed by atoms with Crippen molar-refractivity contribution in [1.82, 2.24) is 5.32 Å². The Morgan fingerprint density at radius 2 is 1.79 bits per heavy atom. The van der Waals surface area contributed by atoms with E-state index in [-0.39, 0.29) is 5.41 Å². The Morgan fingerprint density at radius 1 is 1.36 bits per heavy atom. The van der Waals surface area contributed by atoms with Crippen molar-refractivity contribution in [3.05, 3.63) is 0 Å². The fraction of sp³-hybridized carbons (Fsp3) is 0.778. The highest BCUT2D eigenvalue weighted by atomic mass is 16.4. The zero-order valence-electron chi connectivity index (χ0n) is 9.00. The second-order valence-electron chi connectivity index (χ2n) is 4.41. The van der Waals surface area contributed by atoms with E-state index in [0.717, 1.165) is 0 Å². The molecule has 0 aliphatic carbocycles. The van der Waals surface area contributed by atoms with Gasteiger partial charge in [-0.1, -0.05) is 20.8 Å². The molecular weight excluding hydrogens is 184 g/mol. The van der Waals surface area contributed by atoms with Crippen LogP contribution in [-0.4, -0.2) is 29.1 Å². The normalized spacial score (nSPS) is 15.8. The van der Waals surface area contributed by atoms with Gasteiger partial charge >= 0.3 is 5.97 Å². The predicted octanol–water partition coefficient (Wildman–Crippen LogP) is -0.0509. The molecule has 0 fully saturated rings. The SMILES string of the molecule is C[C@@H](NC(=O)C(N)C(C)(C)C)C(=O)O. The van der Waals surface area contributed by atoms with Crippen LogP contribution >= 0.6 is 0 Å². The van der Waals surface area contributed by atoms with Crippen LogP contribution in [0.1, 0.15) is 27.7 Å². The summed E-state index contributed by atoms with van der Waals surface area (Å²) in [5.41, 5.74) is 5.27. The van der Waals surface area contributed by atoms with Gasteiger partial charge in [0.2, 0.25) is 5.91 Å². The van der Waals surface area contributed by atoms with Crippen molar-refractivity contribution < 1.29 is 14.7 Å². The highest BCUT2D eigenvalue weighted by Gasteiger charge is 2.29. The summed E-state index contributed by atoms with van der Waals surface area (Å²) < 4.78 is 0. The van der Waals surface area contributed by atoms with E-state index in [1.807, 2.05) is 20.8 Å². The standard InChI is InChI=1S/C9H18N2O3/c1-5(8(13)14)11-7(12)6(10)9(2,3)4/h5-6H,10H2,1-4H3,(H,11,12)(H,13,14)/t5-,6?/m1/s1. The summed E-state index contributed by atoms with van der Waals surface area (Å²) in [5, 5.41) is 10.9. The fourth-order valence-corrected chi connectivity index (χ4v) is 0.758. The van der Waals surface area contributed by atoms with Crippen LogP contribution in [0.5, 0.6) is 0 Å². The van der Waals surface area contributed by atoms with Gasteiger partial charge in [-0.25, -0.2) is 0 Å². The predicted molar refractivity (Wildman–Crippen MR) is 52.7 cm³/mol. The van der Waals surface area contributed by atoms with Gasteiger partial charge in [-0.3, -0.25) is 9.59 Å². The van der Waals surface area contributed by atoms with Gasteiger partial charge < -0.3 is 16.2 Å². The lowest BCUT2D eigenvalue weighted by atomic mass is 9.87. The average Bonchev–Trinajstić information content (AvgIpc) is 2.00. The first-order valence-electron chi connectivity index (χ1n) is 4.45. The number of aliphatic carboxylic acids is 1. The lowest BCUT2D eigenvalue weighted by molar-refractivity contribution is -0.141. The number of hydrogen-bond donors (Lipinski definition) is 3. The number of hydrogen-bond acceptors (Lipinski definition) is 3. The van der Waals surface area contributed by atoms with Crippen LogP contribution in [0, 0.1) is 5.41 Å². The van der Waals surface area contributed by atoms with Gasteiger partial charge in [-0.05, 0) is 12.3 Å². The number of rotatable bonds is 3. The third-order valence-electron chi connectivity index (χ3n) is 1.94. The highest BCUT2D eigenvalue weighted by Crippen LogP contribution is 2.17. The van der Waals surface area contributed by atoms with E-state index < -0.39 is 24.0 Å². The second-order valence-corrected chi connectivity index (χ2v) is 4.41. The number of carbonyl (C=O) groups is 2. The maximum Gasteiger partial charge on any atom is 0.325 e. The first-order valence-corrected chi connectivity index (χ1v) is 4.45. The minimum Gasteiger partial charge on any atom is -0.480 e. The molecule has 0 aromatic rings. The summed E-state index contributed by atoms with van der Waals surface area (Å²) in [5.74, 6) is -1.51. The Morgan fingerprint density at radius 3 is 2.07 bits per heavy atom. The molecular formula is C9H18N2O3. The van der Waals surface area contributed by atoms with Crippen LogP contribution in [0.2, 0.25) is 0 Å². The number of amides is 1. The summed E-state index contributed by atoms with van der Waals surface area (Å²) in [6.07, 6.45) is 0. The van der Waals surface area contributed by atoms with E-state index in [0.29, 0.717) is 0 Å². The van der Waals surface area contributed by atoms with E-state index in [4.69, 9.17) is 10.8 Å². The Hall–Kier alpha value is -1.10. The average molecular weight is 202 g/mol. The molecule has 0 rings (SSSR count). The number of carboxylic acid groups (broad SMARTS) is 1. The monoisotopic (exact) mass is 202 g/mol. The highest BCUT2D eigenvalue weighted by molar-refractivity contribution is 5.87. The summed E-state index contributed by atoms with van der Waals surface area (Å²) in [6.45, 7) is 6.86. The molecule has 0 aromatic heterocycles. The summed E-state index contributed by atoms with van der Waals surface area (Å²) in [4.78, 5) is 21.9. The topological polar surface area (TPSA) is 92.4 Å². The maximum absolute atomic E-state index is 11.4. The first-order chi connectivity index (χ1) is 6.16. The van der Waals surface area contributed by atoms with Gasteiger partial charge in [0.15, 0.2) is 0 Å². The number of nitrogens with one attached hydrogen (secondary N) is 1. The Kier molecular flexibility index (Phi) is 4.07. The van der Waals surface area contributed by atoms with Crippen LogP contribution < -0.4 is 11.1 Å². The van der Waals surface area contributed by atoms with Crippen molar-refractivity contribution in [2.75, 3.05) is 0 Å². The molecule has 14 heavy (non-hydrogen) atoms. The van der Waals surface area contributed by atoms with Crippen molar-refractivity contribution in [2.24, 2.45) is 11.1 Å². The molecule has 4 N–H and O–H groups in total. The van der Waals surface area contributed by atoms with Crippen LogP contribution in [0.25, 0.3) is 0 Å². The minimum absolute atomic E-state index is 0.373. The van der Waals surface area contributed by atoms with E-state index in [1.54, 1.807) is 0 Å². The molecule has 0 aliphatic rings. The van der Waals surface area contributed by atoms with E-state index in [9.17, 15) is 9.59 Å². The van der Waals surface area contributed by atoms with E-state index in [1.165, 1.54) is 6.92 Å². The quantitative estimate of drug-likeness (QED) is 0.598. The molecule has 82 valence electrons. The molecule has 1 unspecified atom stereocenters. The lowest BCUT2D eigenvalue weighted by Crippen LogP contribution is -2.52. The molecule has 0 radical (unpaired) electrons. The molecule has 0 saturated heterocycles. The molecule has 5 heteroatoms. The summed E-state index contributed by atoms with van der Waals surface area (Å²) in [7, 11) is 0. The van der Waals surface area contributed by atoms with Crippen molar-refractivity contribution in [3.8, 4) is 0 Å². The van der Waals surface area contributed by atoms with E-state index >= 15 is 0 Å². The third kappa shape index (κ3) is 3.74.